The van der Waals surface area contributed by atoms with Crippen LogP contribution in [-0.4, -0.2) is 23.1 Å². The fraction of sp³-hybridized carbons (Fsp3) is 0.750. The van der Waals surface area contributed by atoms with E-state index in [0.29, 0.717) is 12.5 Å². The second kappa shape index (κ2) is 7.22. The molecule has 2 rings (SSSR count). The van der Waals surface area contributed by atoms with E-state index in [-0.39, 0.29) is 0 Å². The first kappa shape index (κ1) is 16.9. The molecule has 4 nitrogen and oxygen atoms in total. The molecule has 1 aliphatic rings. The van der Waals surface area contributed by atoms with Crippen LogP contribution in [0, 0.1) is 3.57 Å². The molecular formula is C16H26IN3O. The summed E-state index contributed by atoms with van der Waals surface area (Å²) in [5.41, 5.74) is 0.810. The zero-order valence-electron chi connectivity index (χ0n) is 13.5. The van der Waals surface area contributed by atoms with E-state index in [9.17, 15) is 0 Å². The number of hydrogen-bond donors (Lipinski definition) is 1. The Morgan fingerprint density at radius 2 is 2.00 bits per heavy atom. The maximum atomic E-state index is 5.96. The molecule has 0 spiro atoms. The second-order valence-electron chi connectivity index (χ2n) is 5.81. The van der Waals surface area contributed by atoms with Gasteiger partial charge in [-0.1, -0.05) is 13.8 Å². The highest BCUT2D eigenvalue weighted by Crippen LogP contribution is 2.43. The van der Waals surface area contributed by atoms with Gasteiger partial charge in [0.05, 0.1) is 9.26 Å². The number of rotatable bonds is 8. The van der Waals surface area contributed by atoms with E-state index in [1.165, 1.54) is 22.1 Å². The van der Waals surface area contributed by atoms with Crippen molar-refractivity contribution in [1.82, 2.24) is 9.97 Å². The highest BCUT2D eigenvalue weighted by Gasteiger charge is 2.34. The van der Waals surface area contributed by atoms with Crippen LogP contribution < -0.4 is 5.32 Å². The van der Waals surface area contributed by atoms with E-state index < -0.39 is 5.60 Å². The molecule has 0 bridgehead atoms. The summed E-state index contributed by atoms with van der Waals surface area (Å²) in [5, 5.41) is 3.45. The topological polar surface area (TPSA) is 47.0 Å². The number of anilines is 1. The summed E-state index contributed by atoms with van der Waals surface area (Å²) in [5.74, 6) is 2.42. The normalized spacial score (nSPS) is 17.6. The van der Waals surface area contributed by atoms with E-state index in [2.05, 4.69) is 48.7 Å². The quantitative estimate of drug-likeness (QED) is 0.652. The van der Waals surface area contributed by atoms with Crippen molar-refractivity contribution in [3.63, 3.8) is 0 Å². The van der Waals surface area contributed by atoms with Crippen LogP contribution in [0.2, 0.25) is 0 Å². The summed E-state index contributed by atoms with van der Waals surface area (Å²) in [6.45, 7) is 10.0. The van der Waals surface area contributed by atoms with Crippen molar-refractivity contribution in [1.29, 1.82) is 0 Å². The van der Waals surface area contributed by atoms with Crippen molar-refractivity contribution in [2.24, 2.45) is 0 Å². The average molecular weight is 403 g/mol. The monoisotopic (exact) mass is 403 g/mol. The third kappa shape index (κ3) is 3.86. The molecule has 1 fully saturated rings. The lowest BCUT2D eigenvalue weighted by Gasteiger charge is -2.28. The van der Waals surface area contributed by atoms with Gasteiger partial charge >= 0.3 is 0 Å². The van der Waals surface area contributed by atoms with Crippen molar-refractivity contribution in [3.05, 3.63) is 15.1 Å². The largest absolute Gasteiger partial charge is 0.369 e. The number of aromatic nitrogens is 2. The molecule has 1 aliphatic carbocycles. The number of halogens is 1. The summed E-state index contributed by atoms with van der Waals surface area (Å²) in [6, 6.07) is 0. The summed E-state index contributed by atoms with van der Waals surface area (Å²) in [7, 11) is 0. The van der Waals surface area contributed by atoms with Crippen molar-refractivity contribution in [3.8, 4) is 0 Å². The SMILES string of the molecule is CCCNc1nc(C(C)(CC)OCC)nc(C2CC2)c1I. The van der Waals surface area contributed by atoms with Gasteiger partial charge in [0, 0.05) is 19.1 Å². The molecule has 21 heavy (non-hydrogen) atoms. The summed E-state index contributed by atoms with van der Waals surface area (Å²) < 4.78 is 7.15. The van der Waals surface area contributed by atoms with Crippen molar-refractivity contribution in [2.45, 2.75) is 64.9 Å². The van der Waals surface area contributed by atoms with Crippen molar-refractivity contribution >= 4 is 28.4 Å². The van der Waals surface area contributed by atoms with Gasteiger partial charge in [0.25, 0.3) is 0 Å². The zero-order valence-corrected chi connectivity index (χ0v) is 15.7. The first-order valence-electron chi connectivity index (χ1n) is 8.01. The zero-order chi connectivity index (χ0) is 15.5. The van der Waals surface area contributed by atoms with E-state index in [1.807, 2.05) is 6.92 Å². The third-order valence-corrected chi connectivity index (χ3v) is 5.06. The van der Waals surface area contributed by atoms with Crippen LogP contribution in [0.25, 0.3) is 0 Å². The maximum absolute atomic E-state index is 5.96. The second-order valence-corrected chi connectivity index (χ2v) is 6.89. The minimum Gasteiger partial charge on any atom is -0.369 e. The first-order chi connectivity index (χ1) is 10.1. The molecule has 1 aromatic rings. The molecule has 1 atom stereocenters. The Bertz CT molecular complexity index is 491. The first-order valence-corrected chi connectivity index (χ1v) is 9.09. The van der Waals surface area contributed by atoms with Gasteiger partial charge in [-0.3, -0.25) is 0 Å². The lowest BCUT2D eigenvalue weighted by molar-refractivity contribution is -0.0391. The van der Waals surface area contributed by atoms with Gasteiger partial charge in [-0.05, 0) is 62.1 Å². The molecule has 1 unspecified atom stereocenters. The number of hydrogen-bond acceptors (Lipinski definition) is 4. The van der Waals surface area contributed by atoms with Crippen LogP contribution in [-0.2, 0) is 10.3 Å². The van der Waals surface area contributed by atoms with Gasteiger partial charge in [0.2, 0.25) is 0 Å². The molecule has 0 aromatic carbocycles. The van der Waals surface area contributed by atoms with Gasteiger partial charge in [0.15, 0.2) is 5.82 Å². The molecule has 0 amide bonds. The highest BCUT2D eigenvalue weighted by atomic mass is 127. The van der Waals surface area contributed by atoms with Crippen molar-refractivity contribution in [2.75, 3.05) is 18.5 Å². The Kier molecular flexibility index (Phi) is 5.82. The molecule has 1 heterocycles. The van der Waals surface area contributed by atoms with Crippen LogP contribution >= 0.6 is 22.6 Å². The minimum absolute atomic E-state index is 0.397. The lowest BCUT2D eigenvalue weighted by Crippen LogP contribution is -2.29. The fourth-order valence-corrected chi connectivity index (χ4v) is 3.20. The molecular weight excluding hydrogens is 377 g/mol. The van der Waals surface area contributed by atoms with E-state index in [0.717, 1.165) is 31.0 Å². The average Bonchev–Trinajstić information content (AvgIpc) is 3.30. The molecule has 0 aliphatic heterocycles. The van der Waals surface area contributed by atoms with Gasteiger partial charge in [-0.25, -0.2) is 9.97 Å². The Labute approximate surface area is 141 Å². The van der Waals surface area contributed by atoms with Crippen LogP contribution in [0.4, 0.5) is 5.82 Å². The standard InChI is InChI=1S/C16H26IN3O/c1-5-10-18-14-12(17)13(11-8-9-11)19-15(20-14)16(4,6-2)21-7-3/h11H,5-10H2,1-4H3,(H,18,19,20). The fourth-order valence-electron chi connectivity index (χ4n) is 2.33. The molecule has 0 radical (unpaired) electrons. The van der Waals surface area contributed by atoms with Crippen molar-refractivity contribution < 1.29 is 4.74 Å². The lowest BCUT2D eigenvalue weighted by atomic mass is 10.0. The van der Waals surface area contributed by atoms with Crippen LogP contribution in [0.5, 0.6) is 0 Å². The predicted octanol–water partition coefficient (Wildman–Crippen LogP) is 4.44. The number of nitrogens with zero attached hydrogens (tertiary/aromatic N) is 2. The Morgan fingerprint density at radius 1 is 1.29 bits per heavy atom. The Balaban J connectivity index is 2.42. The van der Waals surface area contributed by atoms with Crippen LogP contribution in [0.3, 0.4) is 0 Å². The molecule has 1 saturated carbocycles. The third-order valence-electron chi connectivity index (χ3n) is 3.99. The molecule has 1 N–H and O–H groups in total. The molecule has 5 heteroatoms. The smallest absolute Gasteiger partial charge is 0.162 e. The van der Waals surface area contributed by atoms with E-state index in [1.54, 1.807) is 0 Å². The van der Waals surface area contributed by atoms with Crippen LogP contribution in [0.1, 0.15) is 70.8 Å². The minimum atomic E-state index is -0.397. The number of nitrogens with one attached hydrogen (secondary N) is 1. The van der Waals surface area contributed by atoms with Gasteiger partial charge in [-0.15, -0.1) is 0 Å². The van der Waals surface area contributed by atoms with Crippen LogP contribution in [0.15, 0.2) is 0 Å². The van der Waals surface area contributed by atoms with E-state index in [4.69, 9.17) is 14.7 Å². The Morgan fingerprint density at radius 3 is 2.52 bits per heavy atom. The van der Waals surface area contributed by atoms with E-state index >= 15 is 0 Å². The molecule has 1 aromatic heterocycles. The molecule has 0 saturated heterocycles. The summed E-state index contributed by atoms with van der Waals surface area (Å²) in [6.07, 6.45) is 4.46. The summed E-state index contributed by atoms with van der Waals surface area (Å²) >= 11 is 2.39. The summed E-state index contributed by atoms with van der Waals surface area (Å²) in [4.78, 5) is 9.67. The highest BCUT2D eigenvalue weighted by molar-refractivity contribution is 14.1. The van der Waals surface area contributed by atoms with Gasteiger partial charge < -0.3 is 10.1 Å². The predicted molar refractivity (Wildman–Crippen MR) is 94.8 cm³/mol. The Hall–Kier alpha value is -0.430. The number of ether oxygens (including phenoxy) is 1. The van der Waals surface area contributed by atoms with Gasteiger partial charge in [-0.2, -0.15) is 0 Å². The molecule has 118 valence electrons. The maximum Gasteiger partial charge on any atom is 0.162 e. The van der Waals surface area contributed by atoms with Gasteiger partial charge in [0.1, 0.15) is 11.4 Å².